The lowest BCUT2D eigenvalue weighted by atomic mass is 9.95. The molecular weight excluding hydrogens is 254 g/mol. The number of nitrogens with zero attached hydrogens (tertiary/aromatic N) is 2. The summed E-state index contributed by atoms with van der Waals surface area (Å²) in [6.07, 6.45) is 3.34. The highest BCUT2D eigenvalue weighted by Gasteiger charge is 2.26. The second-order valence-electron chi connectivity index (χ2n) is 6.95. The van der Waals surface area contributed by atoms with Gasteiger partial charge in [-0.15, -0.1) is 11.3 Å². The summed E-state index contributed by atoms with van der Waals surface area (Å²) in [4.78, 5) is 8.38. The average molecular weight is 281 g/mol. The van der Waals surface area contributed by atoms with Crippen molar-refractivity contribution >= 4 is 16.5 Å². The summed E-state index contributed by atoms with van der Waals surface area (Å²) in [7, 11) is 0. The summed E-state index contributed by atoms with van der Waals surface area (Å²) in [5.41, 5.74) is 0.167. The molecule has 0 amide bonds. The third-order valence-corrected chi connectivity index (χ3v) is 4.83. The van der Waals surface area contributed by atoms with E-state index in [1.807, 2.05) is 17.5 Å². The Bertz CT molecular complexity index is 406. The van der Waals surface area contributed by atoms with Gasteiger partial charge in [0.25, 0.3) is 0 Å². The van der Waals surface area contributed by atoms with Crippen LogP contribution in [0.1, 0.15) is 45.9 Å². The first-order valence-electron chi connectivity index (χ1n) is 7.30. The molecule has 1 N–H and O–H groups in total. The van der Waals surface area contributed by atoms with Crippen molar-refractivity contribution in [3.05, 3.63) is 11.1 Å². The van der Waals surface area contributed by atoms with Gasteiger partial charge in [0.15, 0.2) is 5.13 Å². The van der Waals surface area contributed by atoms with Gasteiger partial charge < -0.3 is 10.2 Å². The summed E-state index contributed by atoms with van der Waals surface area (Å²) >= 11 is 1.84. The Kier molecular flexibility index (Phi) is 4.51. The van der Waals surface area contributed by atoms with Crippen LogP contribution in [0.4, 0.5) is 5.13 Å². The molecule has 1 aliphatic rings. The minimum absolute atomic E-state index is 0.167. The minimum Gasteiger partial charge on any atom is -0.348 e. The van der Waals surface area contributed by atoms with E-state index in [0.717, 1.165) is 18.4 Å². The standard InChI is InChI=1S/C15H27N3S/c1-11(2)12-6-7-18(10-12)14-16-8-13(19-14)9-17-15(3,4)5/h8,11-12,17H,6-7,9-10H2,1-5H3. The van der Waals surface area contributed by atoms with Crippen molar-refractivity contribution in [2.45, 2.75) is 53.1 Å². The number of aromatic nitrogens is 1. The molecule has 1 unspecified atom stereocenters. The number of anilines is 1. The van der Waals surface area contributed by atoms with Crippen molar-refractivity contribution in [2.24, 2.45) is 11.8 Å². The zero-order valence-electron chi connectivity index (χ0n) is 12.9. The van der Waals surface area contributed by atoms with Crippen molar-refractivity contribution in [3.63, 3.8) is 0 Å². The SMILES string of the molecule is CC(C)C1CCN(c2ncc(CNC(C)(C)C)s2)C1. The fraction of sp³-hybridized carbons (Fsp3) is 0.800. The topological polar surface area (TPSA) is 28.2 Å². The highest BCUT2D eigenvalue weighted by Crippen LogP contribution is 2.31. The first-order chi connectivity index (χ1) is 8.85. The Morgan fingerprint density at radius 1 is 1.47 bits per heavy atom. The average Bonchev–Trinajstić information content (AvgIpc) is 2.94. The molecular formula is C15H27N3S. The second kappa shape index (κ2) is 5.80. The second-order valence-corrected chi connectivity index (χ2v) is 8.05. The number of rotatable bonds is 4. The van der Waals surface area contributed by atoms with Crippen LogP contribution in [0.5, 0.6) is 0 Å². The lowest BCUT2D eigenvalue weighted by molar-refractivity contribution is 0.423. The minimum atomic E-state index is 0.167. The number of hydrogen-bond acceptors (Lipinski definition) is 4. The largest absolute Gasteiger partial charge is 0.348 e. The van der Waals surface area contributed by atoms with Gasteiger partial charge in [-0.2, -0.15) is 0 Å². The fourth-order valence-electron chi connectivity index (χ4n) is 2.38. The fourth-order valence-corrected chi connectivity index (χ4v) is 3.27. The van der Waals surface area contributed by atoms with Crippen molar-refractivity contribution in [2.75, 3.05) is 18.0 Å². The van der Waals surface area contributed by atoms with Crippen LogP contribution >= 0.6 is 11.3 Å². The van der Waals surface area contributed by atoms with E-state index in [1.165, 1.54) is 29.5 Å². The molecule has 1 atom stereocenters. The van der Waals surface area contributed by atoms with Crippen LogP contribution in [-0.4, -0.2) is 23.6 Å². The number of nitrogens with one attached hydrogen (secondary N) is 1. The molecule has 0 saturated carbocycles. The van der Waals surface area contributed by atoms with Crippen LogP contribution in [0.3, 0.4) is 0 Å². The van der Waals surface area contributed by atoms with Gasteiger partial charge in [0, 0.05) is 36.2 Å². The van der Waals surface area contributed by atoms with Gasteiger partial charge in [-0.3, -0.25) is 0 Å². The van der Waals surface area contributed by atoms with E-state index in [9.17, 15) is 0 Å². The Morgan fingerprint density at radius 2 is 2.21 bits per heavy atom. The molecule has 1 fully saturated rings. The quantitative estimate of drug-likeness (QED) is 0.915. The van der Waals surface area contributed by atoms with E-state index in [-0.39, 0.29) is 5.54 Å². The molecule has 0 bridgehead atoms. The Balaban J connectivity index is 1.91. The summed E-state index contributed by atoms with van der Waals surface area (Å²) in [6.45, 7) is 14.5. The van der Waals surface area contributed by atoms with E-state index in [0.29, 0.717) is 0 Å². The molecule has 0 aromatic carbocycles. The summed E-state index contributed by atoms with van der Waals surface area (Å²) in [5, 5.41) is 4.72. The molecule has 108 valence electrons. The predicted octanol–water partition coefficient (Wildman–Crippen LogP) is 3.51. The molecule has 1 aromatic heterocycles. The molecule has 0 spiro atoms. The van der Waals surface area contributed by atoms with Crippen LogP contribution < -0.4 is 10.2 Å². The van der Waals surface area contributed by atoms with E-state index in [2.05, 4.69) is 49.8 Å². The zero-order chi connectivity index (χ0) is 14.0. The van der Waals surface area contributed by atoms with Crippen molar-refractivity contribution in [1.82, 2.24) is 10.3 Å². The van der Waals surface area contributed by atoms with Gasteiger partial charge in [-0.05, 0) is 39.0 Å². The van der Waals surface area contributed by atoms with Crippen LogP contribution in [0.2, 0.25) is 0 Å². The van der Waals surface area contributed by atoms with E-state index in [4.69, 9.17) is 0 Å². The van der Waals surface area contributed by atoms with Gasteiger partial charge in [-0.1, -0.05) is 13.8 Å². The summed E-state index contributed by atoms with van der Waals surface area (Å²) < 4.78 is 0. The summed E-state index contributed by atoms with van der Waals surface area (Å²) in [6, 6.07) is 0. The van der Waals surface area contributed by atoms with Gasteiger partial charge in [0.2, 0.25) is 0 Å². The molecule has 2 rings (SSSR count). The molecule has 1 aromatic rings. The number of hydrogen-bond donors (Lipinski definition) is 1. The number of thiazole rings is 1. The third kappa shape index (κ3) is 4.18. The lowest BCUT2D eigenvalue weighted by Gasteiger charge is -2.19. The Hall–Kier alpha value is -0.610. The van der Waals surface area contributed by atoms with Crippen molar-refractivity contribution in [1.29, 1.82) is 0 Å². The van der Waals surface area contributed by atoms with Crippen LogP contribution in [-0.2, 0) is 6.54 Å². The molecule has 4 heteroatoms. The predicted molar refractivity (Wildman–Crippen MR) is 83.9 cm³/mol. The highest BCUT2D eigenvalue weighted by molar-refractivity contribution is 7.15. The molecule has 19 heavy (non-hydrogen) atoms. The smallest absolute Gasteiger partial charge is 0.185 e. The Morgan fingerprint density at radius 3 is 2.79 bits per heavy atom. The highest BCUT2D eigenvalue weighted by atomic mass is 32.1. The van der Waals surface area contributed by atoms with Crippen molar-refractivity contribution < 1.29 is 0 Å². The molecule has 0 aliphatic carbocycles. The Labute approximate surface area is 121 Å². The third-order valence-electron chi connectivity index (χ3n) is 3.77. The first-order valence-corrected chi connectivity index (χ1v) is 8.11. The summed E-state index contributed by atoms with van der Waals surface area (Å²) in [5.74, 6) is 1.62. The molecule has 2 heterocycles. The van der Waals surface area contributed by atoms with Gasteiger partial charge in [0.1, 0.15) is 0 Å². The van der Waals surface area contributed by atoms with E-state index >= 15 is 0 Å². The molecule has 1 aliphatic heterocycles. The van der Waals surface area contributed by atoms with E-state index < -0.39 is 0 Å². The monoisotopic (exact) mass is 281 g/mol. The normalized spacial score (nSPS) is 20.5. The maximum Gasteiger partial charge on any atom is 0.185 e. The first kappa shape index (κ1) is 14.8. The maximum absolute atomic E-state index is 4.60. The molecule has 3 nitrogen and oxygen atoms in total. The van der Waals surface area contributed by atoms with Gasteiger partial charge >= 0.3 is 0 Å². The zero-order valence-corrected chi connectivity index (χ0v) is 13.7. The van der Waals surface area contributed by atoms with E-state index in [1.54, 1.807) is 0 Å². The van der Waals surface area contributed by atoms with Gasteiger partial charge in [-0.25, -0.2) is 4.98 Å². The van der Waals surface area contributed by atoms with Crippen LogP contribution in [0.25, 0.3) is 0 Å². The van der Waals surface area contributed by atoms with Gasteiger partial charge in [0.05, 0.1) is 0 Å². The van der Waals surface area contributed by atoms with Crippen LogP contribution in [0, 0.1) is 11.8 Å². The lowest BCUT2D eigenvalue weighted by Crippen LogP contribution is -2.34. The molecule has 0 radical (unpaired) electrons. The maximum atomic E-state index is 4.60. The molecule has 1 saturated heterocycles. The van der Waals surface area contributed by atoms with Crippen molar-refractivity contribution in [3.8, 4) is 0 Å². The van der Waals surface area contributed by atoms with Crippen LogP contribution in [0.15, 0.2) is 6.20 Å².